The van der Waals surface area contributed by atoms with Gasteiger partial charge in [0.25, 0.3) is 0 Å². The lowest BCUT2D eigenvalue weighted by molar-refractivity contribution is -0.133. The third kappa shape index (κ3) is 10.5. The third-order valence-corrected chi connectivity index (χ3v) is 14.7. The van der Waals surface area contributed by atoms with E-state index < -0.39 is 7.14 Å². The number of imide groups is 1. The van der Waals surface area contributed by atoms with Crippen LogP contribution >= 0.6 is 18.7 Å². The number of amides is 2. The van der Waals surface area contributed by atoms with Crippen molar-refractivity contribution in [3.63, 3.8) is 0 Å². The lowest BCUT2D eigenvalue weighted by Gasteiger charge is -2.44. The van der Waals surface area contributed by atoms with Gasteiger partial charge in [-0.1, -0.05) is 35.9 Å². The first kappa shape index (κ1) is 43.0. The SMILES string of the molecule is COc1cc(N2CCC(N3CCN(CCC4CCCCN4c4ccc(C5CC(=O)NC(=O)C5)cc4)CC3)CC2)ccc1Nc1ncc(Cl)c(Nc2ccccc2P(C)(C)=O)n1. The summed E-state index contributed by atoms with van der Waals surface area (Å²) in [7, 11) is -0.865. The van der Waals surface area contributed by atoms with E-state index in [9.17, 15) is 14.2 Å². The van der Waals surface area contributed by atoms with E-state index in [2.05, 4.69) is 81.9 Å². The fourth-order valence-corrected chi connectivity index (χ4v) is 10.9. The van der Waals surface area contributed by atoms with E-state index in [1.807, 2.05) is 30.3 Å². The minimum Gasteiger partial charge on any atom is -0.494 e. The molecule has 1 atom stereocenters. The molecule has 0 radical (unpaired) electrons. The zero-order valence-corrected chi connectivity index (χ0v) is 37.3. The fraction of sp³-hybridized carbons (Fsp3) is 0.478. The van der Waals surface area contributed by atoms with Crippen LogP contribution < -0.4 is 35.8 Å². The molecule has 3 aromatic carbocycles. The molecule has 15 heteroatoms. The van der Waals surface area contributed by atoms with Gasteiger partial charge in [-0.2, -0.15) is 4.98 Å². The summed E-state index contributed by atoms with van der Waals surface area (Å²) < 4.78 is 18.8. The van der Waals surface area contributed by atoms with Crippen molar-refractivity contribution in [3.05, 3.63) is 83.5 Å². The van der Waals surface area contributed by atoms with Crippen molar-refractivity contribution in [2.45, 2.75) is 69.4 Å². The van der Waals surface area contributed by atoms with Crippen LogP contribution in [0.25, 0.3) is 0 Å². The van der Waals surface area contributed by atoms with E-state index in [1.54, 1.807) is 26.6 Å². The van der Waals surface area contributed by atoms with E-state index in [0.29, 0.717) is 53.2 Å². The molecular weight excluding hydrogens is 809 g/mol. The van der Waals surface area contributed by atoms with Gasteiger partial charge in [0.05, 0.1) is 24.7 Å². The lowest BCUT2D eigenvalue weighted by atomic mass is 9.89. The summed E-state index contributed by atoms with van der Waals surface area (Å²) in [4.78, 5) is 43.4. The Hall–Kier alpha value is -4.68. The molecule has 3 N–H and O–H groups in total. The number of hydrogen-bond acceptors (Lipinski definition) is 12. The molecule has 324 valence electrons. The van der Waals surface area contributed by atoms with Gasteiger partial charge in [0, 0.05) is 106 Å². The number of piperidine rings is 3. The number of nitrogens with one attached hydrogen (secondary N) is 3. The van der Waals surface area contributed by atoms with Gasteiger partial charge in [0.1, 0.15) is 17.9 Å². The number of ether oxygens (including phenoxy) is 1. The predicted molar refractivity (Wildman–Crippen MR) is 247 cm³/mol. The number of halogens is 1. The number of carbonyl (C=O) groups excluding carboxylic acids is 2. The quantitative estimate of drug-likeness (QED) is 0.0912. The molecule has 0 bridgehead atoms. The number of para-hydroxylation sites is 1. The van der Waals surface area contributed by atoms with Gasteiger partial charge in [-0.05, 0) is 93.8 Å². The van der Waals surface area contributed by atoms with Crippen molar-refractivity contribution in [2.24, 2.45) is 0 Å². The molecular formula is C46H59ClN9O4P. The van der Waals surface area contributed by atoms with Gasteiger partial charge in [0.15, 0.2) is 5.82 Å². The summed E-state index contributed by atoms with van der Waals surface area (Å²) in [6, 6.07) is 23.5. The Balaban J connectivity index is 0.802. The van der Waals surface area contributed by atoms with E-state index in [4.69, 9.17) is 16.3 Å². The number of hydrogen-bond donors (Lipinski definition) is 3. The highest BCUT2D eigenvalue weighted by Crippen LogP contribution is 2.39. The first-order chi connectivity index (χ1) is 29.5. The molecule has 1 aromatic heterocycles. The summed E-state index contributed by atoms with van der Waals surface area (Å²) in [5, 5.41) is 10.1. The van der Waals surface area contributed by atoms with Crippen LogP contribution in [0.3, 0.4) is 0 Å². The normalized spacial score (nSPS) is 20.1. The maximum atomic E-state index is 12.9. The average Bonchev–Trinajstić information content (AvgIpc) is 3.27. The van der Waals surface area contributed by atoms with Crippen LogP contribution in [0.1, 0.15) is 62.8 Å². The predicted octanol–water partition coefficient (Wildman–Crippen LogP) is 7.43. The second-order valence-corrected chi connectivity index (χ2v) is 20.9. The third-order valence-electron chi connectivity index (χ3n) is 12.9. The van der Waals surface area contributed by atoms with Crippen LogP contribution in [-0.2, 0) is 14.2 Å². The summed E-state index contributed by atoms with van der Waals surface area (Å²) in [6.07, 6.45) is 9.43. The van der Waals surface area contributed by atoms with Gasteiger partial charge in [-0.25, -0.2) is 4.98 Å². The Bertz CT molecular complexity index is 2210. The van der Waals surface area contributed by atoms with E-state index in [-0.39, 0.29) is 17.7 Å². The fourth-order valence-electron chi connectivity index (χ4n) is 9.56. The first-order valence-electron chi connectivity index (χ1n) is 21.8. The molecule has 13 nitrogen and oxygen atoms in total. The maximum absolute atomic E-state index is 12.9. The number of methoxy groups -OCH3 is 1. The monoisotopic (exact) mass is 867 g/mol. The molecule has 0 spiro atoms. The molecule has 4 fully saturated rings. The van der Waals surface area contributed by atoms with Crippen molar-refractivity contribution in [1.82, 2.24) is 25.1 Å². The molecule has 61 heavy (non-hydrogen) atoms. The number of aromatic nitrogens is 2. The first-order valence-corrected chi connectivity index (χ1v) is 24.8. The number of carbonyl (C=O) groups is 2. The van der Waals surface area contributed by atoms with Crippen molar-refractivity contribution in [2.75, 3.05) is 93.2 Å². The Morgan fingerprint density at radius 1 is 0.836 bits per heavy atom. The minimum atomic E-state index is -2.54. The summed E-state index contributed by atoms with van der Waals surface area (Å²) in [5.41, 5.74) is 4.91. The van der Waals surface area contributed by atoms with Gasteiger partial charge >= 0.3 is 0 Å². The zero-order valence-electron chi connectivity index (χ0n) is 35.6. The maximum Gasteiger partial charge on any atom is 0.229 e. The largest absolute Gasteiger partial charge is 0.494 e. The van der Waals surface area contributed by atoms with Gasteiger partial charge < -0.3 is 34.6 Å². The van der Waals surface area contributed by atoms with Crippen molar-refractivity contribution >= 4 is 70.4 Å². The molecule has 4 saturated heterocycles. The lowest BCUT2D eigenvalue weighted by Crippen LogP contribution is -2.53. The molecule has 0 saturated carbocycles. The highest BCUT2D eigenvalue weighted by Gasteiger charge is 2.30. The molecule has 2 amide bonds. The number of benzene rings is 3. The van der Waals surface area contributed by atoms with Crippen molar-refractivity contribution in [1.29, 1.82) is 0 Å². The van der Waals surface area contributed by atoms with Crippen molar-refractivity contribution < 1.29 is 18.9 Å². The Morgan fingerprint density at radius 3 is 2.28 bits per heavy atom. The Kier molecular flexibility index (Phi) is 13.5. The van der Waals surface area contributed by atoms with Crippen LogP contribution in [0.5, 0.6) is 5.75 Å². The Morgan fingerprint density at radius 2 is 1.56 bits per heavy atom. The molecule has 5 heterocycles. The second-order valence-electron chi connectivity index (χ2n) is 17.3. The highest BCUT2D eigenvalue weighted by atomic mass is 35.5. The van der Waals surface area contributed by atoms with Crippen LogP contribution in [0.2, 0.25) is 5.02 Å². The van der Waals surface area contributed by atoms with Gasteiger partial charge in [0.2, 0.25) is 17.8 Å². The number of rotatable bonds is 13. The molecule has 8 rings (SSSR count). The van der Waals surface area contributed by atoms with Crippen LogP contribution in [-0.4, -0.2) is 116 Å². The summed E-state index contributed by atoms with van der Waals surface area (Å²) in [6.45, 7) is 12.1. The Labute approximate surface area is 364 Å². The average molecular weight is 868 g/mol. The second kappa shape index (κ2) is 19.2. The topological polar surface area (TPSA) is 135 Å². The molecule has 4 aromatic rings. The number of nitrogens with zero attached hydrogens (tertiary/aromatic N) is 6. The molecule has 1 unspecified atom stereocenters. The molecule has 0 aliphatic carbocycles. The smallest absolute Gasteiger partial charge is 0.229 e. The number of piperazine rings is 1. The van der Waals surface area contributed by atoms with Gasteiger partial charge in [-0.3, -0.25) is 19.8 Å². The summed E-state index contributed by atoms with van der Waals surface area (Å²) in [5.74, 6) is 1.10. The van der Waals surface area contributed by atoms with Crippen molar-refractivity contribution in [3.8, 4) is 5.75 Å². The van der Waals surface area contributed by atoms with E-state index in [0.717, 1.165) is 93.9 Å². The van der Waals surface area contributed by atoms with E-state index >= 15 is 0 Å². The standard InChI is InChI=1S/C46H59ClN9O4P/c1-60-41-30-37(15-16-39(41)50-46-48-31-38(47)45(52-46)49-40-9-4-5-10-42(40)61(2,3)59)54-22-18-34(19-23-54)55-26-24-53(25-27-55)21-17-35-8-6-7-20-56(35)36-13-11-32(12-14-36)33-28-43(57)51-44(58)29-33/h4-5,9-16,30-31,33-35H,6-8,17-29H2,1-3H3,(H,51,57,58)(H2,48,49,50,52). The summed E-state index contributed by atoms with van der Waals surface area (Å²) >= 11 is 6.50. The zero-order chi connectivity index (χ0) is 42.5. The van der Waals surface area contributed by atoms with Crippen LogP contribution in [0.4, 0.5) is 34.5 Å². The van der Waals surface area contributed by atoms with Crippen LogP contribution in [0, 0.1) is 0 Å². The van der Waals surface area contributed by atoms with Crippen LogP contribution in [0.15, 0.2) is 72.9 Å². The number of anilines is 6. The molecule has 4 aliphatic heterocycles. The highest BCUT2D eigenvalue weighted by molar-refractivity contribution is 7.70. The van der Waals surface area contributed by atoms with E-state index in [1.165, 1.54) is 24.9 Å². The van der Waals surface area contributed by atoms with Gasteiger partial charge in [-0.15, -0.1) is 0 Å². The molecule has 4 aliphatic rings. The minimum absolute atomic E-state index is 0.0300.